The number of likely N-dealkylation sites (tertiary alicyclic amines) is 1. The monoisotopic (exact) mass is 196 g/mol. The molecule has 1 N–H and O–H groups in total. The van der Waals surface area contributed by atoms with Crippen molar-refractivity contribution in [3.63, 3.8) is 0 Å². The van der Waals surface area contributed by atoms with E-state index in [9.17, 15) is 4.79 Å². The highest BCUT2D eigenvalue weighted by molar-refractivity contribution is 5.82. The smallest absolute Gasteiger partial charge is 0.239 e. The van der Waals surface area contributed by atoms with Gasteiger partial charge in [0.05, 0.1) is 6.04 Å². The number of hydrogen-bond donors (Lipinski definition) is 1. The molecule has 1 aliphatic carbocycles. The molecule has 80 valence electrons. The standard InChI is InChI=1S/C11H20N2O/c1-2-12-10-4-3-7-13(11(10)14)8-9-5-6-9/h9-10,12H,2-8H2,1H3. The summed E-state index contributed by atoms with van der Waals surface area (Å²) in [5, 5.41) is 3.27. The molecule has 1 unspecified atom stereocenters. The Morgan fingerprint density at radius 2 is 2.21 bits per heavy atom. The van der Waals surface area contributed by atoms with Crippen molar-refractivity contribution in [1.82, 2.24) is 10.2 Å². The van der Waals surface area contributed by atoms with Gasteiger partial charge in [-0.3, -0.25) is 4.79 Å². The van der Waals surface area contributed by atoms with Crippen molar-refractivity contribution in [3.05, 3.63) is 0 Å². The lowest BCUT2D eigenvalue weighted by molar-refractivity contribution is -0.136. The number of nitrogens with zero attached hydrogens (tertiary/aromatic N) is 1. The third-order valence-electron chi connectivity index (χ3n) is 3.16. The van der Waals surface area contributed by atoms with E-state index in [1.165, 1.54) is 12.8 Å². The van der Waals surface area contributed by atoms with Gasteiger partial charge in [0.15, 0.2) is 0 Å². The van der Waals surface area contributed by atoms with E-state index in [1.54, 1.807) is 0 Å². The van der Waals surface area contributed by atoms with Gasteiger partial charge in [0.2, 0.25) is 5.91 Å². The van der Waals surface area contributed by atoms with Crippen molar-refractivity contribution in [3.8, 4) is 0 Å². The summed E-state index contributed by atoms with van der Waals surface area (Å²) in [5.74, 6) is 1.16. The number of piperidine rings is 1. The van der Waals surface area contributed by atoms with Gasteiger partial charge in [-0.05, 0) is 38.1 Å². The number of carbonyl (C=O) groups is 1. The van der Waals surface area contributed by atoms with Crippen LogP contribution in [0.3, 0.4) is 0 Å². The molecule has 1 heterocycles. The van der Waals surface area contributed by atoms with E-state index < -0.39 is 0 Å². The Bertz CT molecular complexity index is 211. The van der Waals surface area contributed by atoms with Crippen LogP contribution in [0.5, 0.6) is 0 Å². The maximum Gasteiger partial charge on any atom is 0.239 e. The van der Waals surface area contributed by atoms with Crippen LogP contribution in [0, 0.1) is 5.92 Å². The Balaban J connectivity index is 1.86. The molecule has 1 amide bonds. The fourth-order valence-corrected chi connectivity index (χ4v) is 2.17. The van der Waals surface area contributed by atoms with Gasteiger partial charge in [-0.2, -0.15) is 0 Å². The Hall–Kier alpha value is -0.570. The van der Waals surface area contributed by atoms with Crippen LogP contribution in [0.4, 0.5) is 0 Å². The van der Waals surface area contributed by atoms with Gasteiger partial charge in [0, 0.05) is 13.1 Å². The summed E-state index contributed by atoms with van der Waals surface area (Å²) < 4.78 is 0. The predicted molar refractivity (Wildman–Crippen MR) is 56.0 cm³/mol. The number of likely N-dealkylation sites (N-methyl/N-ethyl adjacent to an activating group) is 1. The predicted octanol–water partition coefficient (Wildman–Crippen LogP) is 0.997. The highest BCUT2D eigenvalue weighted by atomic mass is 16.2. The molecule has 0 aromatic heterocycles. The summed E-state index contributed by atoms with van der Waals surface area (Å²) in [7, 11) is 0. The van der Waals surface area contributed by atoms with E-state index in [0.29, 0.717) is 5.91 Å². The zero-order valence-corrected chi connectivity index (χ0v) is 8.96. The normalized spacial score (nSPS) is 28.2. The summed E-state index contributed by atoms with van der Waals surface area (Å²) in [6.45, 7) is 4.96. The largest absolute Gasteiger partial charge is 0.341 e. The molecule has 3 heteroatoms. The van der Waals surface area contributed by atoms with Gasteiger partial charge < -0.3 is 10.2 Å². The van der Waals surface area contributed by atoms with E-state index in [2.05, 4.69) is 17.1 Å². The van der Waals surface area contributed by atoms with Crippen molar-refractivity contribution in [2.75, 3.05) is 19.6 Å². The number of amides is 1. The van der Waals surface area contributed by atoms with Crippen LogP contribution < -0.4 is 5.32 Å². The SMILES string of the molecule is CCNC1CCCN(CC2CC2)C1=O. The van der Waals surface area contributed by atoms with Crippen LogP contribution in [0.1, 0.15) is 32.6 Å². The maximum atomic E-state index is 11.9. The van der Waals surface area contributed by atoms with Gasteiger partial charge in [0.25, 0.3) is 0 Å². The maximum absolute atomic E-state index is 11.9. The quantitative estimate of drug-likeness (QED) is 0.727. The minimum Gasteiger partial charge on any atom is -0.341 e. The van der Waals surface area contributed by atoms with Crippen molar-refractivity contribution < 1.29 is 4.79 Å². The first-order valence-corrected chi connectivity index (χ1v) is 5.83. The molecule has 2 aliphatic rings. The zero-order chi connectivity index (χ0) is 9.97. The third kappa shape index (κ3) is 2.27. The van der Waals surface area contributed by atoms with Crippen molar-refractivity contribution in [1.29, 1.82) is 0 Å². The number of hydrogen-bond acceptors (Lipinski definition) is 2. The second-order valence-corrected chi connectivity index (χ2v) is 4.48. The molecule has 0 aromatic carbocycles. The van der Waals surface area contributed by atoms with Crippen LogP contribution in [0.15, 0.2) is 0 Å². The molecule has 1 saturated carbocycles. The van der Waals surface area contributed by atoms with Crippen LogP contribution in [-0.2, 0) is 4.79 Å². The minimum absolute atomic E-state index is 0.104. The van der Waals surface area contributed by atoms with Gasteiger partial charge in [0.1, 0.15) is 0 Å². The summed E-state index contributed by atoms with van der Waals surface area (Å²) in [6, 6.07) is 0.104. The molecule has 1 aliphatic heterocycles. The summed E-state index contributed by atoms with van der Waals surface area (Å²) in [5.41, 5.74) is 0. The van der Waals surface area contributed by atoms with Crippen molar-refractivity contribution >= 4 is 5.91 Å². The fraction of sp³-hybridized carbons (Fsp3) is 0.909. The first-order valence-electron chi connectivity index (χ1n) is 5.83. The topological polar surface area (TPSA) is 32.3 Å². The van der Waals surface area contributed by atoms with Gasteiger partial charge in [-0.15, -0.1) is 0 Å². The van der Waals surface area contributed by atoms with Crippen LogP contribution >= 0.6 is 0 Å². The molecule has 1 atom stereocenters. The Morgan fingerprint density at radius 3 is 2.86 bits per heavy atom. The first kappa shape index (κ1) is 9.97. The highest BCUT2D eigenvalue weighted by Crippen LogP contribution is 2.30. The average Bonchev–Trinajstić information content (AvgIpc) is 2.96. The molecule has 14 heavy (non-hydrogen) atoms. The fourth-order valence-electron chi connectivity index (χ4n) is 2.17. The van der Waals surface area contributed by atoms with Gasteiger partial charge >= 0.3 is 0 Å². The summed E-state index contributed by atoms with van der Waals surface area (Å²) in [4.78, 5) is 14.0. The zero-order valence-electron chi connectivity index (χ0n) is 8.96. The summed E-state index contributed by atoms with van der Waals surface area (Å²) >= 11 is 0. The van der Waals surface area contributed by atoms with Crippen molar-refractivity contribution in [2.24, 2.45) is 5.92 Å². The Labute approximate surface area is 85.8 Å². The van der Waals surface area contributed by atoms with Crippen LogP contribution in [0.2, 0.25) is 0 Å². The molecule has 1 saturated heterocycles. The molecule has 2 fully saturated rings. The molecule has 0 spiro atoms. The number of nitrogens with one attached hydrogen (secondary N) is 1. The molecular formula is C11H20N2O. The Kier molecular flexibility index (Phi) is 3.06. The lowest BCUT2D eigenvalue weighted by atomic mass is 10.0. The molecule has 0 radical (unpaired) electrons. The van der Waals surface area contributed by atoms with Crippen LogP contribution in [0.25, 0.3) is 0 Å². The highest BCUT2D eigenvalue weighted by Gasteiger charge is 2.32. The molecule has 0 aromatic rings. The lowest BCUT2D eigenvalue weighted by Gasteiger charge is -2.32. The third-order valence-corrected chi connectivity index (χ3v) is 3.16. The second-order valence-electron chi connectivity index (χ2n) is 4.48. The second kappa shape index (κ2) is 4.30. The van der Waals surface area contributed by atoms with Crippen LogP contribution in [-0.4, -0.2) is 36.5 Å². The number of rotatable bonds is 4. The lowest BCUT2D eigenvalue weighted by Crippen LogP contribution is -2.51. The molecule has 2 rings (SSSR count). The molecular weight excluding hydrogens is 176 g/mol. The average molecular weight is 196 g/mol. The van der Waals surface area contributed by atoms with Gasteiger partial charge in [-0.1, -0.05) is 6.92 Å². The molecule has 3 nitrogen and oxygen atoms in total. The van der Waals surface area contributed by atoms with E-state index in [4.69, 9.17) is 0 Å². The minimum atomic E-state index is 0.104. The summed E-state index contributed by atoms with van der Waals surface area (Å²) in [6.07, 6.45) is 4.84. The number of carbonyl (C=O) groups excluding carboxylic acids is 1. The van der Waals surface area contributed by atoms with E-state index in [0.717, 1.165) is 38.4 Å². The van der Waals surface area contributed by atoms with Gasteiger partial charge in [-0.25, -0.2) is 0 Å². The Morgan fingerprint density at radius 1 is 1.43 bits per heavy atom. The first-order chi connectivity index (χ1) is 6.81. The van der Waals surface area contributed by atoms with E-state index in [-0.39, 0.29) is 6.04 Å². The molecule has 0 bridgehead atoms. The van der Waals surface area contributed by atoms with Crippen molar-refractivity contribution in [2.45, 2.75) is 38.6 Å². The van der Waals surface area contributed by atoms with E-state index >= 15 is 0 Å². The van der Waals surface area contributed by atoms with E-state index in [1.807, 2.05) is 0 Å².